The summed E-state index contributed by atoms with van der Waals surface area (Å²) in [6, 6.07) is 19.3. The average molecular weight is 317 g/mol. The fourth-order valence-electron chi connectivity index (χ4n) is 2.16. The van der Waals surface area contributed by atoms with E-state index in [4.69, 9.17) is 4.74 Å². The van der Waals surface area contributed by atoms with Gasteiger partial charge in [-0.25, -0.2) is 4.31 Å². The lowest BCUT2D eigenvalue weighted by molar-refractivity contribution is 0.0773. The van der Waals surface area contributed by atoms with Crippen LogP contribution < -0.4 is 0 Å². The predicted molar refractivity (Wildman–Crippen MR) is 90.7 cm³/mol. The highest BCUT2D eigenvalue weighted by molar-refractivity contribution is 8.01. The van der Waals surface area contributed by atoms with Gasteiger partial charge in [0.15, 0.2) is 0 Å². The third-order valence-corrected chi connectivity index (χ3v) is 5.73. The summed E-state index contributed by atoms with van der Waals surface area (Å²) in [5.41, 5.74) is 1.37. The van der Waals surface area contributed by atoms with E-state index in [1.165, 1.54) is 15.4 Å². The second kappa shape index (κ2) is 7.90. The van der Waals surface area contributed by atoms with Gasteiger partial charge in [-0.1, -0.05) is 42.5 Å². The van der Waals surface area contributed by atoms with E-state index < -0.39 is 0 Å². The molecule has 0 radical (unpaired) electrons. The quantitative estimate of drug-likeness (QED) is 0.601. The number of benzene rings is 2. The molecule has 1 aliphatic heterocycles. The molecule has 0 bridgehead atoms. The average Bonchev–Trinajstić information content (AvgIpc) is 2.56. The van der Waals surface area contributed by atoms with Gasteiger partial charge in [-0.2, -0.15) is 0 Å². The number of hydrogen-bond donors (Lipinski definition) is 0. The zero-order valence-electron chi connectivity index (χ0n) is 11.9. The Kier molecular flexibility index (Phi) is 5.63. The van der Waals surface area contributed by atoms with Crippen molar-refractivity contribution in [2.75, 3.05) is 26.3 Å². The van der Waals surface area contributed by atoms with E-state index in [0.717, 1.165) is 32.1 Å². The van der Waals surface area contributed by atoms with E-state index in [-0.39, 0.29) is 0 Å². The summed E-state index contributed by atoms with van der Waals surface area (Å²) in [6.45, 7) is 3.68. The van der Waals surface area contributed by atoms with Crippen LogP contribution in [0.2, 0.25) is 0 Å². The van der Waals surface area contributed by atoms with Crippen LogP contribution in [0.3, 0.4) is 0 Å². The monoisotopic (exact) mass is 317 g/mol. The fourth-order valence-corrected chi connectivity index (χ4v) is 4.25. The summed E-state index contributed by atoms with van der Waals surface area (Å²) in [5.74, 6) is 1.02. The zero-order chi connectivity index (χ0) is 14.3. The molecule has 2 nitrogen and oxygen atoms in total. The predicted octanol–water partition coefficient (Wildman–Crippen LogP) is 4.32. The molecule has 0 unspecified atom stereocenters. The van der Waals surface area contributed by atoms with E-state index in [9.17, 15) is 0 Å². The number of ether oxygens (including phenoxy) is 1. The molecule has 2 aromatic rings. The van der Waals surface area contributed by atoms with Crippen molar-refractivity contribution in [3.8, 4) is 0 Å². The Morgan fingerprint density at radius 2 is 1.52 bits per heavy atom. The van der Waals surface area contributed by atoms with Gasteiger partial charge < -0.3 is 4.74 Å². The van der Waals surface area contributed by atoms with Crippen molar-refractivity contribution >= 4 is 23.7 Å². The molecule has 0 saturated carbocycles. The van der Waals surface area contributed by atoms with E-state index in [1.807, 2.05) is 23.7 Å². The summed E-state index contributed by atoms with van der Waals surface area (Å²) in [5, 5.41) is 0. The van der Waals surface area contributed by atoms with E-state index in [2.05, 4.69) is 58.9 Å². The number of morpholine rings is 1. The van der Waals surface area contributed by atoms with Gasteiger partial charge in [0.2, 0.25) is 0 Å². The molecule has 2 aromatic carbocycles. The summed E-state index contributed by atoms with van der Waals surface area (Å²) < 4.78 is 7.81. The Balaban J connectivity index is 1.64. The minimum Gasteiger partial charge on any atom is -0.379 e. The van der Waals surface area contributed by atoms with Crippen LogP contribution in [0.4, 0.5) is 0 Å². The molecule has 0 amide bonds. The molecule has 1 fully saturated rings. The first-order chi connectivity index (χ1) is 10.4. The van der Waals surface area contributed by atoms with E-state index >= 15 is 0 Å². The molecule has 0 aliphatic carbocycles. The molecule has 3 rings (SSSR count). The lowest BCUT2D eigenvalue weighted by Gasteiger charge is -2.26. The minimum atomic E-state index is 0.840. The summed E-state index contributed by atoms with van der Waals surface area (Å²) >= 11 is 3.77. The summed E-state index contributed by atoms with van der Waals surface area (Å²) in [6.07, 6.45) is 0. The minimum absolute atomic E-state index is 0.840. The SMILES string of the molecule is c1ccc(CSc2ccccc2SN2CCOCC2)cc1. The van der Waals surface area contributed by atoms with Crippen LogP contribution in [-0.2, 0) is 10.5 Å². The summed E-state index contributed by atoms with van der Waals surface area (Å²) in [4.78, 5) is 2.71. The molecule has 0 spiro atoms. The Bertz CT molecular complexity index is 556. The molecular formula is C17H19NOS2. The molecule has 110 valence electrons. The standard InChI is InChI=1S/C17H19NOS2/c1-2-6-15(7-3-1)14-20-16-8-4-5-9-17(16)21-18-10-12-19-13-11-18/h1-9H,10-14H2. The van der Waals surface area contributed by atoms with Crippen molar-refractivity contribution in [2.45, 2.75) is 15.5 Å². The topological polar surface area (TPSA) is 12.5 Å². The first-order valence-electron chi connectivity index (χ1n) is 7.18. The maximum atomic E-state index is 5.41. The van der Waals surface area contributed by atoms with Crippen molar-refractivity contribution in [2.24, 2.45) is 0 Å². The number of hydrogen-bond acceptors (Lipinski definition) is 4. The lowest BCUT2D eigenvalue weighted by Crippen LogP contribution is -2.30. The van der Waals surface area contributed by atoms with Crippen LogP contribution in [-0.4, -0.2) is 30.6 Å². The highest BCUT2D eigenvalue weighted by Gasteiger charge is 2.13. The highest BCUT2D eigenvalue weighted by atomic mass is 32.2. The zero-order valence-corrected chi connectivity index (χ0v) is 13.5. The van der Waals surface area contributed by atoms with Gasteiger partial charge >= 0.3 is 0 Å². The number of nitrogens with zero attached hydrogens (tertiary/aromatic N) is 1. The van der Waals surface area contributed by atoms with Crippen LogP contribution in [0.5, 0.6) is 0 Å². The molecule has 0 atom stereocenters. The van der Waals surface area contributed by atoms with Gasteiger partial charge in [0.05, 0.1) is 13.2 Å². The van der Waals surface area contributed by atoms with Gasteiger partial charge in [-0.05, 0) is 29.6 Å². The number of rotatable bonds is 5. The molecule has 1 saturated heterocycles. The van der Waals surface area contributed by atoms with Gasteiger partial charge in [-0.15, -0.1) is 11.8 Å². The van der Waals surface area contributed by atoms with Crippen molar-refractivity contribution in [1.82, 2.24) is 4.31 Å². The fraction of sp³-hybridized carbons (Fsp3) is 0.294. The maximum absolute atomic E-state index is 5.41. The Hall–Kier alpha value is -0.940. The van der Waals surface area contributed by atoms with E-state index in [1.54, 1.807) is 0 Å². The van der Waals surface area contributed by atoms with Gasteiger partial charge in [0.25, 0.3) is 0 Å². The van der Waals surface area contributed by atoms with Crippen molar-refractivity contribution < 1.29 is 4.74 Å². The Morgan fingerprint density at radius 1 is 0.857 bits per heavy atom. The second-order valence-electron chi connectivity index (χ2n) is 4.85. The van der Waals surface area contributed by atoms with Gasteiger partial charge in [0.1, 0.15) is 0 Å². The maximum Gasteiger partial charge on any atom is 0.0603 e. The molecule has 0 N–H and O–H groups in total. The number of thioether (sulfide) groups is 1. The highest BCUT2D eigenvalue weighted by Crippen LogP contribution is 2.34. The molecule has 21 heavy (non-hydrogen) atoms. The third kappa shape index (κ3) is 4.51. The van der Waals surface area contributed by atoms with Crippen molar-refractivity contribution in [3.05, 3.63) is 60.2 Å². The first kappa shape index (κ1) is 15.0. The Morgan fingerprint density at radius 3 is 2.29 bits per heavy atom. The third-order valence-electron chi connectivity index (χ3n) is 3.28. The van der Waals surface area contributed by atoms with Crippen LogP contribution >= 0.6 is 23.7 Å². The molecule has 4 heteroatoms. The van der Waals surface area contributed by atoms with Crippen LogP contribution in [0, 0.1) is 0 Å². The smallest absolute Gasteiger partial charge is 0.0603 e. The van der Waals surface area contributed by atoms with Crippen LogP contribution in [0.15, 0.2) is 64.4 Å². The second-order valence-corrected chi connectivity index (χ2v) is 7.01. The largest absolute Gasteiger partial charge is 0.379 e. The Labute approximate surface area is 135 Å². The van der Waals surface area contributed by atoms with Gasteiger partial charge in [0, 0.05) is 28.6 Å². The molecular weight excluding hydrogens is 298 g/mol. The molecule has 1 aliphatic rings. The van der Waals surface area contributed by atoms with E-state index in [0.29, 0.717) is 0 Å². The normalized spacial score (nSPS) is 16.0. The van der Waals surface area contributed by atoms with Crippen LogP contribution in [0.25, 0.3) is 0 Å². The lowest BCUT2D eigenvalue weighted by atomic mass is 10.2. The van der Waals surface area contributed by atoms with Crippen molar-refractivity contribution in [3.63, 3.8) is 0 Å². The first-order valence-corrected chi connectivity index (χ1v) is 8.94. The molecule has 1 heterocycles. The summed E-state index contributed by atoms with van der Waals surface area (Å²) in [7, 11) is 0. The van der Waals surface area contributed by atoms with Crippen LogP contribution in [0.1, 0.15) is 5.56 Å². The van der Waals surface area contributed by atoms with Gasteiger partial charge in [-0.3, -0.25) is 0 Å². The molecule has 0 aromatic heterocycles. The van der Waals surface area contributed by atoms with Crippen molar-refractivity contribution in [1.29, 1.82) is 0 Å².